The molecule has 0 saturated heterocycles. The van der Waals surface area contributed by atoms with Crippen molar-refractivity contribution in [3.05, 3.63) is 0 Å². The Balaban J connectivity index is 0. The fraction of sp³-hybridized carbons (Fsp3) is 1.00. The van der Waals surface area contributed by atoms with Crippen LogP contribution >= 0.6 is 0 Å². The molecule has 0 amide bonds. The van der Waals surface area contributed by atoms with E-state index in [2.05, 4.69) is 5.32 Å². The molecular weight excluding hydrogens is 446 g/mol. The third-order valence-corrected chi connectivity index (χ3v) is 10.8. The van der Waals surface area contributed by atoms with Crippen molar-refractivity contribution >= 4 is 17.6 Å². The lowest BCUT2D eigenvalue weighted by Gasteiger charge is -2.28. The Morgan fingerprint density at radius 2 is 1.00 bits per heavy atom. The second kappa shape index (κ2) is 24.2. The minimum absolute atomic E-state index is 0.636. The van der Waals surface area contributed by atoms with E-state index >= 15 is 0 Å². The predicted octanol–water partition coefficient (Wildman–Crippen LogP) is 2.75. The van der Waals surface area contributed by atoms with Crippen LogP contribution in [-0.2, 0) is 26.6 Å². The van der Waals surface area contributed by atoms with Gasteiger partial charge in [0, 0.05) is 53.2 Å². The maximum Gasteiger partial charge on any atom is 0.500 e. The molecule has 0 unspecified atom stereocenters. The first-order valence-electron chi connectivity index (χ1n) is 12.2. The van der Waals surface area contributed by atoms with Crippen LogP contribution in [0.15, 0.2) is 0 Å². The van der Waals surface area contributed by atoms with E-state index in [0.29, 0.717) is 26.4 Å². The lowest BCUT2D eigenvalue weighted by atomic mass is 10.2. The van der Waals surface area contributed by atoms with E-state index in [9.17, 15) is 0 Å². The summed E-state index contributed by atoms with van der Waals surface area (Å²) < 4.78 is 33.0. The lowest BCUT2D eigenvalue weighted by molar-refractivity contribution is 0.0710. The lowest BCUT2D eigenvalue weighted by Crippen LogP contribution is -2.46. The van der Waals surface area contributed by atoms with Crippen LogP contribution in [-0.4, -0.2) is 84.9 Å². The first-order chi connectivity index (χ1) is 15.5. The molecule has 0 saturated carbocycles. The monoisotopic (exact) mass is 499 g/mol. The molecule has 196 valence electrons. The van der Waals surface area contributed by atoms with Gasteiger partial charge in [-0.15, -0.1) is 0 Å². The third-order valence-electron chi connectivity index (χ3n) is 4.86. The molecule has 0 aromatic rings. The van der Waals surface area contributed by atoms with Gasteiger partial charge in [-0.25, -0.2) is 0 Å². The highest BCUT2D eigenvalue weighted by Crippen LogP contribution is 2.17. The average Bonchev–Trinajstić information content (AvgIpc) is 2.80. The molecule has 0 bridgehead atoms. The van der Waals surface area contributed by atoms with Gasteiger partial charge in [0.05, 0.1) is 0 Å². The normalized spacial score (nSPS) is 12.0. The number of nitrogens with one attached hydrogen (secondary N) is 1. The number of nitrogens with two attached hydrogens (primary N) is 2. The van der Waals surface area contributed by atoms with Crippen LogP contribution in [0, 0.1) is 0 Å². The summed E-state index contributed by atoms with van der Waals surface area (Å²) in [5, 5.41) is 3.43. The topological polar surface area (TPSA) is 119 Å². The van der Waals surface area contributed by atoms with Gasteiger partial charge >= 0.3 is 17.6 Å². The summed E-state index contributed by atoms with van der Waals surface area (Å²) in [7, 11) is 0.217. The highest BCUT2D eigenvalue weighted by molar-refractivity contribution is 6.61. The molecule has 0 aromatic heterocycles. The summed E-state index contributed by atoms with van der Waals surface area (Å²) in [4.78, 5) is 0. The molecule has 0 rings (SSSR count). The summed E-state index contributed by atoms with van der Waals surface area (Å²) in [6.45, 7) is 11.3. The van der Waals surface area contributed by atoms with E-state index in [-0.39, 0.29) is 0 Å². The molecule has 0 heterocycles. The molecule has 0 spiro atoms. The first kappa shape index (κ1) is 34.2. The smallest absolute Gasteiger partial charge is 0.377 e. The van der Waals surface area contributed by atoms with E-state index in [1.165, 1.54) is 19.3 Å². The second-order valence-corrected chi connectivity index (χ2v) is 13.0. The van der Waals surface area contributed by atoms with Crippen LogP contribution in [0.25, 0.3) is 0 Å². The van der Waals surface area contributed by atoms with Gasteiger partial charge in [-0.05, 0) is 72.6 Å². The molecular formula is C21H53N3O6Si2. The Labute approximate surface area is 199 Å². The Hall–Kier alpha value is 0.0738. The predicted molar refractivity (Wildman–Crippen MR) is 136 cm³/mol. The summed E-state index contributed by atoms with van der Waals surface area (Å²) in [5.74, 6) is 0. The van der Waals surface area contributed by atoms with Crippen molar-refractivity contribution in [1.29, 1.82) is 0 Å². The molecule has 0 atom stereocenters. The van der Waals surface area contributed by atoms with Crippen LogP contribution in [0.1, 0.15) is 59.3 Å². The molecule has 0 aromatic carbocycles. The van der Waals surface area contributed by atoms with Gasteiger partial charge in [0.25, 0.3) is 0 Å². The quantitative estimate of drug-likeness (QED) is 0.152. The van der Waals surface area contributed by atoms with Crippen LogP contribution in [0.4, 0.5) is 0 Å². The van der Waals surface area contributed by atoms with Crippen molar-refractivity contribution in [2.45, 2.75) is 71.4 Å². The fourth-order valence-electron chi connectivity index (χ4n) is 3.18. The van der Waals surface area contributed by atoms with E-state index in [1.54, 1.807) is 21.3 Å². The zero-order valence-electron chi connectivity index (χ0n) is 21.7. The summed E-state index contributed by atoms with van der Waals surface area (Å²) in [6, 6.07) is 1.68. The number of hydrogen-bond donors (Lipinski definition) is 3. The van der Waals surface area contributed by atoms with Gasteiger partial charge in [-0.2, -0.15) is 0 Å². The Bertz CT molecular complexity index is 358. The van der Waals surface area contributed by atoms with E-state index in [0.717, 1.165) is 51.0 Å². The third kappa shape index (κ3) is 17.5. The van der Waals surface area contributed by atoms with E-state index < -0.39 is 17.6 Å². The summed E-state index contributed by atoms with van der Waals surface area (Å²) in [5.41, 5.74) is 10.9. The maximum atomic E-state index is 5.65. The van der Waals surface area contributed by atoms with Crippen LogP contribution in [0.2, 0.25) is 12.1 Å². The van der Waals surface area contributed by atoms with E-state index in [4.69, 9.17) is 38.0 Å². The minimum atomic E-state index is -2.40. The molecule has 11 heteroatoms. The van der Waals surface area contributed by atoms with Crippen LogP contribution in [0.3, 0.4) is 0 Å². The SMILES string of the molecule is CCO[Si](CCCN)(OCC)OCC.CO[Si](CCCNCCCCCCN)(OC)OC. The Morgan fingerprint density at radius 1 is 0.562 bits per heavy atom. The number of rotatable bonds is 22. The molecule has 0 fully saturated rings. The maximum absolute atomic E-state index is 5.65. The average molecular weight is 500 g/mol. The summed E-state index contributed by atoms with van der Waals surface area (Å²) in [6.07, 6.45) is 6.78. The van der Waals surface area contributed by atoms with Gasteiger partial charge < -0.3 is 43.3 Å². The standard InChI is InChI=1S/C12H30N2O3Si.C9H23NO3Si/c1-15-18(16-2,17-3)12-8-11-14-10-7-5-4-6-9-13;1-4-11-14(12-5-2,13-6-3)9-7-8-10/h14H,4-13H2,1-3H3;4-10H2,1-3H3. The van der Waals surface area contributed by atoms with Crippen molar-refractivity contribution in [3.8, 4) is 0 Å². The Morgan fingerprint density at radius 3 is 1.44 bits per heavy atom. The van der Waals surface area contributed by atoms with Gasteiger partial charge in [0.15, 0.2) is 0 Å². The molecule has 0 aliphatic heterocycles. The zero-order valence-corrected chi connectivity index (χ0v) is 23.7. The minimum Gasteiger partial charge on any atom is -0.377 e. The van der Waals surface area contributed by atoms with Crippen molar-refractivity contribution in [2.24, 2.45) is 11.5 Å². The van der Waals surface area contributed by atoms with Gasteiger partial charge in [-0.3, -0.25) is 0 Å². The number of unbranched alkanes of at least 4 members (excludes halogenated alkanes) is 3. The molecule has 0 radical (unpaired) electrons. The van der Waals surface area contributed by atoms with Crippen molar-refractivity contribution < 1.29 is 26.6 Å². The zero-order chi connectivity index (χ0) is 24.6. The molecule has 5 N–H and O–H groups in total. The summed E-state index contributed by atoms with van der Waals surface area (Å²) >= 11 is 0. The number of hydrogen-bond acceptors (Lipinski definition) is 9. The van der Waals surface area contributed by atoms with E-state index in [1.807, 2.05) is 20.8 Å². The van der Waals surface area contributed by atoms with Gasteiger partial charge in [0.1, 0.15) is 0 Å². The van der Waals surface area contributed by atoms with Gasteiger partial charge in [0.2, 0.25) is 0 Å². The van der Waals surface area contributed by atoms with Gasteiger partial charge in [-0.1, -0.05) is 12.8 Å². The van der Waals surface area contributed by atoms with Crippen molar-refractivity contribution in [2.75, 3.05) is 67.3 Å². The van der Waals surface area contributed by atoms with Crippen LogP contribution in [0.5, 0.6) is 0 Å². The Kier molecular flexibility index (Phi) is 25.9. The van der Waals surface area contributed by atoms with Crippen molar-refractivity contribution in [1.82, 2.24) is 5.32 Å². The molecule has 32 heavy (non-hydrogen) atoms. The molecule has 9 nitrogen and oxygen atoms in total. The first-order valence-corrected chi connectivity index (χ1v) is 16.0. The highest BCUT2D eigenvalue weighted by Gasteiger charge is 2.39. The van der Waals surface area contributed by atoms with Crippen molar-refractivity contribution in [3.63, 3.8) is 0 Å². The highest BCUT2D eigenvalue weighted by atomic mass is 28.4. The molecule has 0 aliphatic rings. The van der Waals surface area contributed by atoms with Crippen LogP contribution < -0.4 is 16.8 Å². The second-order valence-electron chi connectivity index (χ2n) is 7.23. The largest absolute Gasteiger partial charge is 0.500 e. The molecule has 0 aliphatic carbocycles. The fourth-order valence-corrected chi connectivity index (χ4v) is 7.54.